The molecule has 2 aliphatic heterocycles. The molecule has 1 saturated heterocycles. The lowest BCUT2D eigenvalue weighted by Crippen LogP contribution is -2.47. The summed E-state index contributed by atoms with van der Waals surface area (Å²) in [4.78, 5) is 35.5. The molecule has 0 aliphatic carbocycles. The number of imidazole rings is 1. The fourth-order valence-corrected chi connectivity index (χ4v) is 5.08. The molecule has 0 atom stereocenters. The Morgan fingerprint density at radius 3 is 2.93 bits per heavy atom. The van der Waals surface area contributed by atoms with Gasteiger partial charge in [-0.15, -0.1) is 11.3 Å². The molecule has 0 radical (unpaired) electrons. The summed E-state index contributed by atoms with van der Waals surface area (Å²) in [6.07, 6.45) is 6.36. The smallest absolute Gasteiger partial charge is 0.261 e. The van der Waals surface area contributed by atoms with Crippen LogP contribution < -0.4 is 5.32 Å². The lowest BCUT2D eigenvalue weighted by atomic mass is 9.82. The third kappa shape index (κ3) is 3.51. The third-order valence-electron chi connectivity index (χ3n) is 5.43. The van der Waals surface area contributed by atoms with E-state index in [4.69, 9.17) is 4.74 Å². The first kappa shape index (κ1) is 18.2. The van der Waals surface area contributed by atoms with Crippen LogP contribution >= 0.6 is 11.3 Å². The maximum absolute atomic E-state index is 12.6. The predicted octanol–water partition coefficient (Wildman–Crippen LogP) is 2.20. The van der Waals surface area contributed by atoms with Gasteiger partial charge in [0, 0.05) is 43.2 Å². The summed E-state index contributed by atoms with van der Waals surface area (Å²) in [5.41, 5.74) is 0.791. The van der Waals surface area contributed by atoms with E-state index in [1.807, 2.05) is 17.9 Å². The van der Waals surface area contributed by atoms with Crippen LogP contribution in [0, 0.1) is 0 Å². The average Bonchev–Trinajstić information content (AvgIpc) is 3.36. The van der Waals surface area contributed by atoms with Gasteiger partial charge in [-0.1, -0.05) is 6.92 Å². The molecular formula is C19H24N4O3S. The number of hydrogen-bond acceptors (Lipinski definition) is 5. The number of aromatic amines is 1. The fraction of sp³-hybridized carbons (Fsp3) is 0.526. The van der Waals surface area contributed by atoms with Crippen LogP contribution in [0.1, 0.15) is 52.1 Å². The Balaban J connectivity index is 1.48. The quantitative estimate of drug-likeness (QED) is 0.841. The minimum atomic E-state index is -0.353. The number of amides is 2. The van der Waals surface area contributed by atoms with Crippen molar-refractivity contribution in [2.24, 2.45) is 0 Å². The van der Waals surface area contributed by atoms with E-state index >= 15 is 0 Å². The Kier molecular flexibility index (Phi) is 5.01. The van der Waals surface area contributed by atoms with Gasteiger partial charge in [0.15, 0.2) is 0 Å². The molecule has 144 valence electrons. The highest BCUT2D eigenvalue weighted by Gasteiger charge is 2.42. The molecule has 0 saturated carbocycles. The van der Waals surface area contributed by atoms with Gasteiger partial charge in [-0.3, -0.25) is 9.59 Å². The van der Waals surface area contributed by atoms with Crippen LogP contribution in [0.3, 0.4) is 0 Å². The monoisotopic (exact) mass is 388 g/mol. The molecule has 0 aromatic carbocycles. The maximum Gasteiger partial charge on any atom is 0.261 e. The Hall–Kier alpha value is -2.19. The van der Waals surface area contributed by atoms with Gasteiger partial charge in [0.2, 0.25) is 5.91 Å². The van der Waals surface area contributed by atoms with E-state index in [0.717, 1.165) is 30.7 Å². The zero-order valence-electron chi connectivity index (χ0n) is 15.4. The summed E-state index contributed by atoms with van der Waals surface area (Å²) in [5, 5.41) is 2.92. The van der Waals surface area contributed by atoms with E-state index in [9.17, 15) is 9.59 Å². The number of fused-ring (bicyclic) bond motifs is 2. The van der Waals surface area contributed by atoms with Crippen molar-refractivity contribution in [2.45, 2.75) is 44.8 Å². The molecule has 1 fully saturated rings. The van der Waals surface area contributed by atoms with Crippen LogP contribution in [0.15, 0.2) is 18.5 Å². The highest BCUT2D eigenvalue weighted by Crippen LogP contribution is 2.44. The van der Waals surface area contributed by atoms with Crippen molar-refractivity contribution in [3.8, 4) is 0 Å². The summed E-state index contributed by atoms with van der Waals surface area (Å²) in [5.74, 6) is 0.848. The lowest BCUT2D eigenvalue weighted by Gasteiger charge is -2.44. The zero-order chi connectivity index (χ0) is 18.9. The number of ether oxygens (including phenoxy) is 1. The Morgan fingerprint density at radius 1 is 1.41 bits per heavy atom. The summed E-state index contributed by atoms with van der Waals surface area (Å²) < 4.78 is 6.23. The summed E-state index contributed by atoms with van der Waals surface area (Å²) >= 11 is 1.56. The van der Waals surface area contributed by atoms with Crippen molar-refractivity contribution in [1.29, 1.82) is 0 Å². The van der Waals surface area contributed by atoms with E-state index in [1.165, 1.54) is 4.88 Å². The fourth-order valence-electron chi connectivity index (χ4n) is 3.93. The van der Waals surface area contributed by atoms with Crippen LogP contribution in [0.25, 0.3) is 0 Å². The Bertz CT molecular complexity index is 822. The number of thiophene rings is 1. The second kappa shape index (κ2) is 7.44. The van der Waals surface area contributed by atoms with Crippen LogP contribution in [0.5, 0.6) is 0 Å². The van der Waals surface area contributed by atoms with E-state index in [0.29, 0.717) is 37.5 Å². The summed E-state index contributed by atoms with van der Waals surface area (Å²) in [7, 11) is 0. The Labute approximate surface area is 162 Å². The van der Waals surface area contributed by atoms with Crippen molar-refractivity contribution in [1.82, 2.24) is 20.2 Å². The number of carbonyl (C=O) groups is 2. The van der Waals surface area contributed by atoms with Gasteiger partial charge >= 0.3 is 0 Å². The first-order valence-electron chi connectivity index (χ1n) is 9.42. The molecule has 2 aromatic heterocycles. The van der Waals surface area contributed by atoms with E-state index in [2.05, 4.69) is 15.3 Å². The van der Waals surface area contributed by atoms with Gasteiger partial charge in [-0.25, -0.2) is 4.98 Å². The highest BCUT2D eigenvalue weighted by atomic mass is 32.1. The minimum absolute atomic E-state index is 0.0838. The largest absolute Gasteiger partial charge is 0.370 e. The van der Waals surface area contributed by atoms with Crippen LogP contribution in [-0.4, -0.2) is 46.4 Å². The number of piperidine rings is 1. The maximum atomic E-state index is 12.6. The number of nitrogens with one attached hydrogen (secondary N) is 2. The van der Waals surface area contributed by atoms with Crippen molar-refractivity contribution in [2.75, 3.05) is 19.7 Å². The SMILES string of the molecule is CCC(=O)N1CCC2(CC1)OCCc1sc(C(=O)NCc3ncc[nH]3)cc12. The van der Waals surface area contributed by atoms with Gasteiger partial charge in [0.05, 0.1) is 23.6 Å². The number of hydrogen-bond donors (Lipinski definition) is 2. The molecule has 2 amide bonds. The van der Waals surface area contributed by atoms with Gasteiger partial charge in [-0.2, -0.15) is 0 Å². The number of carbonyl (C=O) groups excluding carboxylic acids is 2. The zero-order valence-corrected chi connectivity index (χ0v) is 16.2. The predicted molar refractivity (Wildman–Crippen MR) is 102 cm³/mol. The molecule has 4 heterocycles. The van der Waals surface area contributed by atoms with Crippen molar-refractivity contribution in [3.63, 3.8) is 0 Å². The average molecular weight is 388 g/mol. The highest BCUT2D eigenvalue weighted by molar-refractivity contribution is 7.14. The number of aromatic nitrogens is 2. The van der Waals surface area contributed by atoms with Crippen molar-refractivity contribution in [3.05, 3.63) is 39.6 Å². The molecule has 7 nitrogen and oxygen atoms in total. The second-order valence-corrected chi connectivity index (χ2v) is 8.13. The van der Waals surface area contributed by atoms with Crippen LogP contribution in [0.4, 0.5) is 0 Å². The van der Waals surface area contributed by atoms with Gasteiger partial charge in [-0.05, 0) is 24.5 Å². The normalized spacial score (nSPS) is 18.3. The number of nitrogens with zero attached hydrogens (tertiary/aromatic N) is 2. The molecule has 27 heavy (non-hydrogen) atoms. The molecule has 2 N–H and O–H groups in total. The number of rotatable bonds is 4. The molecule has 1 spiro atoms. The van der Waals surface area contributed by atoms with E-state index < -0.39 is 0 Å². The molecule has 2 aromatic rings. The summed E-state index contributed by atoms with van der Waals surface area (Å²) in [6.45, 7) is 4.37. The first-order valence-corrected chi connectivity index (χ1v) is 10.2. The second-order valence-electron chi connectivity index (χ2n) is 6.99. The standard InChI is InChI=1S/C19H24N4O3S/c1-2-17(24)23-8-4-19(5-9-23)13-11-15(27-14(13)3-10-26-19)18(25)22-12-16-20-6-7-21-16/h6-7,11H,2-5,8-10,12H2,1H3,(H,20,21)(H,22,25). The topological polar surface area (TPSA) is 87.3 Å². The van der Waals surface area contributed by atoms with Crippen LogP contribution in [0.2, 0.25) is 0 Å². The minimum Gasteiger partial charge on any atom is -0.370 e. The lowest BCUT2D eigenvalue weighted by molar-refractivity contribution is -0.140. The Morgan fingerprint density at radius 2 is 2.22 bits per heavy atom. The molecule has 2 aliphatic rings. The third-order valence-corrected chi connectivity index (χ3v) is 6.62. The molecular weight excluding hydrogens is 364 g/mol. The van der Waals surface area contributed by atoms with Crippen LogP contribution in [-0.2, 0) is 28.1 Å². The van der Waals surface area contributed by atoms with Gasteiger partial charge in [0.1, 0.15) is 5.82 Å². The van der Waals surface area contributed by atoms with Gasteiger partial charge < -0.3 is 19.9 Å². The van der Waals surface area contributed by atoms with E-state index in [1.54, 1.807) is 23.7 Å². The number of likely N-dealkylation sites (tertiary alicyclic amines) is 1. The summed E-state index contributed by atoms with van der Waals surface area (Å²) in [6, 6.07) is 1.99. The molecule has 0 bridgehead atoms. The van der Waals surface area contributed by atoms with Crippen molar-refractivity contribution >= 4 is 23.2 Å². The molecule has 0 unspecified atom stereocenters. The first-order chi connectivity index (χ1) is 13.1. The van der Waals surface area contributed by atoms with Gasteiger partial charge in [0.25, 0.3) is 5.91 Å². The van der Waals surface area contributed by atoms with E-state index in [-0.39, 0.29) is 17.4 Å². The molecule has 4 rings (SSSR count). The molecule has 8 heteroatoms. The number of H-pyrrole nitrogens is 1. The van der Waals surface area contributed by atoms with Crippen molar-refractivity contribution < 1.29 is 14.3 Å².